The van der Waals surface area contributed by atoms with Crippen LogP contribution in [-0.2, 0) is 11.3 Å². The zero-order valence-electron chi connectivity index (χ0n) is 14.3. The van der Waals surface area contributed by atoms with Crippen molar-refractivity contribution in [3.63, 3.8) is 0 Å². The van der Waals surface area contributed by atoms with Gasteiger partial charge in [0.05, 0.1) is 12.3 Å². The Bertz CT molecular complexity index is 841. The monoisotopic (exact) mass is 338 g/mol. The molecule has 25 heavy (non-hydrogen) atoms. The minimum atomic E-state index is 0.274. The van der Waals surface area contributed by atoms with E-state index in [1.54, 1.807) is 6.20 Å². The Morgan fingerprint density at radius 1 is 1.32 bits per heavy atom. The second-order valence-electron chi connectivity index (χ2n) is 6.32. The highest BCUT2D eigenvalue weighted by Crippen LogP contribution is 2.20. The normalized spacial score (nSPS) is 17.1. The van der Waals surface area contributed by atoms with E-state index in [4.69, 9.17) is 9.72 Å². The first kappa shape index (κ1) is 15.8. The summed E-state index contributed by atoms with van der Waals surface area (Å²) >= 11 is 0. The molecule has 130 valence electrons. The highest BCUT2D eigenvalue weighted by molar-refractivity contribution is 5.60. The van der Waals surface area contributed by atoms with E-state index >= 15 is 0 Å². The topological polar surface area (TPSA) is 76.4 Å². The highest BCUT2D eigenvalue weighted by atomic mass is 16.5. The van der Waals surface area contributed by atoms with Gasteiger partial charge in [0.1, 0.15) is 11.6 Å². The third-order valence-corrected chi connectivity index (χ3v) is 4.38. The van der Waals surface area contributed by atoms with Crippen molar-refractivity contribution in [3.05, 3.63) is 47.9 Å². The number of aryl methyl sites for hydroxylation is 1. The number of anilines is 2. The lowest BCUT2D eigenvalue weighted by atomic mass is 10.2. The van der Waals surface area contributed by atoms with E-state index in [0.717, 1.165) is 54.4 Å². The summed E-state index contributed by atoms with van der Waals surface area (Å²) in [5, 5.41) is 11.3. The molecule has 1 fully saturated rings. The molecule has 3 aromatic heterocycles. The van der Waals surface area contributed by atoms with Gasteiger partial charge in [-0.3, -0.25) is 4.98 Å². The van der Waals surface area contributed by atoms with Gasteiger partial charge in [-0.2, -0.15) is 9.61 Å². The molecule has 2 N–H and O–H groups in total. The van der Waals surface area contributed by atoms with Gasteiger partial charge in [0.2, 0.25) is 0 Å². The summed E-state index contributed by atoms with van der Waals surface area (Å²) in [5.74, 6) is 1.73. The molecule has 7 heteroatoms. The second kappa shape index (κ2) is 7.06. The Kier molecular flexibility index (Phi) is 4.47. The molecule has 1 atom stereocenters. The molecule has 1 aliphatic heterocycles. The maximum Gasteiger partial charge on any atom is 0.162 e. The predicted molar refractivity (Wildman–Crippen MR) is 96.8 cm³/mol. The lowest BCUT2D eigenvalue weighted by Gasteiger charge is -2.14. The molecule has 0 amide bonds. The van der Waals surface area contributed by atoms with Crippen LogP contribution in [-0.4, -0.2) is 38.8 Å². The number of hydrogen-bond donors (Lipinski definition) is 2. The van der Waals surface area contributed by atoms with Gasteiger partial charge >= 0.3 is 0 Å². The van der Waals surface area contributed by atoms with Crippen molar-refractivity contribution in [2.24, 2.45) is 0 Å². The SMILES string of the molecule is Cc1cnn2c(NCc3cccnc3)cc(NCC3CCCO3)nc12. The molecule has 4 rings (SSSR count). The second-order valence-corrected chi connectivity index (χ2v) is 6.32. The molecule has 0 aliphatic carbocycles. The molecule has 4 heterocycles. The Morgan fingerprint density at radius 2 is 2.28 bits per heavy atom. The van der Waals surface area contributed by atoms with Crippen LogP contribution in [0.5, 0.6) is 0 Å². The van der Waals surface area contributed by atoms with E-state index in [-0.39, 0.29) is 6.10 Å². The Morgan fingerprint density at radius 3 is 3.08 bits per heavy atom. The van der Waals surface area contributed by atoms with Crippen LogP contribution in [0, 0.1) is 6.92 Å². The zero-order valence-corrected chi connectivity index (χ0v) is 14.3. The van der Waals surface area contributed by atoms with Crippen molar-refractivity contribution in [1.82, 2.24) is 19.6 Å². The van der Waals surface area contributed by atoms with Gasteiger partial charge in [-0.15, -0.1) is 0 Å². The summed E-state index contributed by atoms with van der Waals surface area (Å²) < 4.78 is 7.51. The number of nitrogens with zero attached hydrogens (tertiary/aromatic N) is 4. The summed E-state index contributed by atoms with van der Waals surface area (Å²) in [4.78, 5) is 8.85. The smallest absolute Gasteiger partial charge is 0.162 e. The predicted octanol–water partition coefficient (Wildman–Crippen LogP) is 2.64. The largest absolute Gasteiger partial charge is 0.376 e. The Hall–Kier alpha value is -2.67. The number of hydrogen-bond acceptors (Lipinski definition) is 6. The van der Waals surface area contributed by atoms with Gasteiger partial charge in [0, 0.05) is 43.7 Å². The summed E-state index contributed by atoms with van der Waals surface area (Å²) in [6.45, 7) is 4.33. The molecule has 0 radical (unpaired) electrons. The van der Waals surface area contributed by atoms with Crippen molar-refractivity contribution in [1.29, 1.82) is 0 Å². The van der Waals surface area contributed by atoms with Crippen molar-refractivity contribution in [3.8, 4) is 0 Å². The summed E-state index contributed by atoms with van der Waals surface area (Å²) in [6, 6.07) is 5.97. The van der Waals surface area contributed by atoms with Gasteiger partial charge in [0.25, 0.3) is 0 Å². The maximum atomic E-state index is 5.68. The molecule has 3 aromatic rings. The molecular weight excluding hydrogens is 316 g/mol. The summed E-state index contributed by atoms with van der Waals surface area (Å²) in [5.41, 5.74) is 3.02. The first-order chi connectivity index (χ1) is 12.3. The van der Waals surface area contributed by atoms with Gasteiger partial charge in [-0.25, -0.2) is 4.98 Å². The average Bonchev–Trinajstić information content (AvgIpc) is 3.29. The molecule has 0 bridgehead atoms. The quantitative estimate of drug-likeness (QED) is 0.719. The molecular formula is C18H22N6O. The van der Waals surface area contributed by atoms with Crippen LogP contribution in [0.3, 0.4) is 0 Å². The van der Waals surface area contributed by atoms with Crippen LogP contribution in [0.15, 0.2) is 36.8 Å². The molecule has 0 aromatic carbocycles. The van der Waals surface area contributed by atoms with Crippen molar-refractivity contribution < 1.29 is 4.74 Å². The van der Waals surface area contributed by atoms with E-state index in [0.29, 0.717) is 6.54 Å². The van der Waals surface area contributed by atoms with Gasteiger partial charge < -0.3 is 15.4 Å². The van der Waals surface area contributed by atoms with Crippen LogP contribution in [0.4, 0.5) is 11.6 Å². The summed E-state index contributed by atoms with van der Waals surface area (Å²) in [6.07, 6.45) is 7.98. The standard InChI is InChI=1S/C18H22N6O/c1-13-9-22-24-17(21-11-14-4-2-6-19-10-14)8-16(23-18(13)24)20-12-15-5-3-7-25-15/h2,4,6,8-10,15,21H,3,5,7,11-12H2,1H3,(H,20,23). The van der Waals surface area contributed by atoms with E-state index in [2.05, 4.69) is 20.7 Å². The third kappa shape index (κ3) is 3.56. The average molecular weight is 338 g/mol. The highest BCUT2D eigenvalue weighted by Gasteiger charge is 2.16. The van der Waals surface area contributed by atoms with Crippen molar-refractivity contribution in [2.45, 2.75) is 32.4 Å². The van der Waals surface area contributed by atoms with Gasteiger partial charge in [0.15, 0.2) is 5.65 Å². The third-order valence-electron chi connectivity index (χ3n) is 4.38. The van der Waals surface area contributed by atoms with E-state index < -0.39 is 0 Å². The van der Waals surface area contributed by atoms with Gasteiger partial charge in [-0.05, 0) is 31.4 Å². The number of pyridine rings is 1. The van der Waals surface area contributed by atoms with Gasteiger partial charge in [-0.1, -0.05) is 6.07 Å². The molecule has 1 aliphatic rings. The number of rotatable bonds is 6. The Labute approximate surface area is 146 Å². The lowest BCUT2D eigenvalue weighted by Crippen LogP contribution is -2.19. The van der Waals surface area contributed by atoms with E-state index in [9.17, 15) is 0 Å². The molecule has 1 unspecified atom stereocenters. The molecule has 0 saturated carbocycles. The van der Waals surface area contributed by atoms with Crippen LogP contribution < -0.4 is 10.6 Å². The molecule has 1 saturated heterocycles. The fraction of sp³-hybridized carbons (Fsp3) is 0.389. The fourth-order valence-corrected chi connectivity index (χ4v) is 3.01. The molecule has 7 nitrogen and oxygen atoms in total. The van der Waals surface area contributed by atoms with Crippen LogP contribution in [0.2, 0.25) is 0 Å². The molecule has 0 spiro atoms. The minimum Gasteiger partial charge on any atom is -0.376 e. The van der Waals surface area contributed by atoms with Crippen LogP contribution in [0.25, 0.3) is 5.65 Å². The number of aromatic nitrogens is 4. The lowest BCUT2D eigenvalue weighted by molar-refractivity contribution is 0.120. The van der Waals surface area contributed by atoms with E-state index in [1.807, 2.05) is 42.0 Å². The summed E-state index contributed by atoms with van der Waals surface area (Å²) in [7, 11) is 0. The number of nitrogens with one attached hydrogen (secondary N) is 2. The first-order valence-electron chi connectivity index (χ1n) is 8.63. The maximum absolute atomic E-state index is 5.68. The van der Waals surface area contributed by atoms with Crippen molar-refractivity contribution >= 4 is 17.3 Å². The first-order valence-corrected chi connectivity index (χ1v) is 8.63. The number of ether oxygens (including phenoxy) is 1. The zero-order chi connectivity index (χ0) is 17.1. The van der Waals surface area contributed by atoms with E-state index in [1.165, 1.54) is 0 Å². The Balaban J connectivity index is 1.55. The van der Waals surface area contributed by atoms with Crippen LogP contribution in [0.1, 0.15) is 24.0 Å². The van der Waals surface area contributed by atoms with Crippen LogP contribution >= 0.6 is 0 Å². The fourth-order valence-electron chi connectivity index (χ4n) is 3.01. The minimum absolute atomic E-state index is 0.274. The number of fused-ring (bicyclic) bond motifs is 1. The van der Waals surface area contributed by atoms with Crippen molar-refractivity contribution in [2.75, 3.05) is 23.8 Å².